The number of rotatable bonds is 8. The van der Waals surface area contributed by atoms with E-state index < -0.39 is 11.2 Å². The molecule has 26 heavy (non-hydrogen) atoms. The standard InChI is InChI=1S/C20H29NO5/c1-12-13(2)18(24)15(14(3)17(12)23)5-7-19(4,25)8-6-16(22)21-11-20(26)9-10-20/h25-26H,5-11H2,1-4H3,(H,21,22). The Morgan fingerprint density at radius 3 is 2.23 bits per heavy atom. The van der Waals surface area contributed by atoms with Crippen LogP contribution in [0.25, 0.3) is 0 Å². The highest BCUT2D eigenvalue weighted by atomic mass is 16.3. The number of nitrogens with one attached hydrogen (secondary N) is 1. The fourth-order valence-corrected chi connectivity index (χ4v) is 3.03. The molecule has 0 heterocycles. The van der Waals surface area contributed by atoms with Crippen molar-refractivity contribution in [1.29, 1.82) is 0 Å². The van der Waals surface area contributed by atoms with Crippen molar-refractivity contribution in [3.63, 3.8) is 0 Å². The van der Waals surface area contributed by atoms with Gasteiger partial charge in [0.05, 0.1) is 11.2 Å². The van der Waals surface area contributed by atoms with Crippen molar-refractivity contribution in [1.82, 2.24) is 5.32 Å². The molecule has 0 saturated heterocycles. The van der Waals surface area contributed by atoms with E-state index in [9.17, 15) is 24.6 Å². The second-order valence-electron chi connectivity index (χ2n) is 8.01. The van der Waals surface area contributed by atoms with Crippen LogP contribution in [0.4, 0.5) is 0 Å². The molecule has 0 aliphatic heterocycles. The van der Waals surface area contributed by atoms with E-state index in [0.29, 0.717) is 48.0 Å². The maximum absolute atomic E-state index is 12.4. The van der Waals surface area contributed by atoms with E-state index in [1.54, 1.807) is 27.7 Å². The molecular formula is C20H29NO5. The van der Waals surface area contributed by atoms with Gasteiger partial charge in [-0.25, -0.2) is 0 Å². The topological polar surface area (TPSA) is 104 Å². The van der Waals surface area contributed by atoms with Crippen LogP contribution in [0.1, 0.15) is 66.2 Å². The molecule has 2 aliphatic rings. The summed E-state index contributed by atoms with van der Waals surface area (Å²) < 4.78 is 0. The molecule has 1 amide bonds. The second kappa shape index (κ2) is 7.45. The van der Waals surface area contributed by atoms with Crippen LogP contribution in [0, 0.1) is 0 Å². The summed E-state index contributed by atoms with van der Waals surface area (Å²) in [6.45, 7) is 6.84. The highest BCUT2D eigenvalue weighted by molar-refractivity contribution is 6.24. The number of amides is 1. The molecule has 3 N–H and O–H groups in total. The summed E-state index contributed by atoms with van der Waals surface area (Å²) in [6.07, 6.45) is 2.41. The first-order chi connectivity index (χ1) is 12.0. The van der Waals surface area contributed by atoms with Gasteiger partial charge >= 0.3 is 0 Å². The van der Waals surface area contributed by atoms with Gasteiger partial charge in [0.25, 0.3) is 0 Å². The van der Waals surface area contributed by atoms with Gasteiger partial charge in [-0.2, -0.15) is 0 Å². The van der Waals surface area contributed by atoms with Gasteiger partial charge in [-0.3, -0.25) is 14.4 Å². The molecule has 1 fully saturated rings. The van der Waals surface area contributed by atoms with Crippen molar-refractivity contribution in [3.05, 3.63) is 22.3 Å². The third-order valence-corrected chi connectivity index (χ3v) is 5.56. The minimum Gasteiger partial charge on any atom is -0.390 e. The number of aliphatic hydroxyl groups is 2. The highest BCUT2D eigenvalue weighted by Gasteiger charge is 2.40. The number of hydrogen-bond donors (Lipinski definition) is 3. The zero-order valence-electron chi connectivity index (χ0n) is 16.1. The average molecular weight is 363 g/mol. The molecule has 1 atom stereocenters. The van der Waals surface area contributed by atoms with Gasteiger partial charge in [0.15, 0.2) is 11.6 Å². The Morgan fingerprint density at radius 2 is 1.65 bits per heavy atom. The average Bonchev–Trinajstić information content (AvgIpc) is 3.32. The van der Waals surface area contributed by atoms with E-state index >= 15 is 0 Å². The summed E-state index contributed by atoms with van der Waals surface area (Å²) in [7, 11) is 0. The van der Waals surface area contributed by atoms with Gasteiger partial charge in [0, 0.05) is 35.3 Å². The molecule has 2 aliphatic carbocycles. The first-order valence-corrected chi connectivity index (χ1v) is 9.14. The predicted octanol–water partition coefficient (Wildman–Crippen LogP) is 1.74. The SMILES string of the molecule is CC1=C(C)C(=O)C(CCC(C)(O)CCC(=O)NCC2(O)CC2)=C(C)C1=O. The lowest BCUT2D eigenvalue weighted by molar-refractivity contribution is -0.123. The van der Waals surface area contributed by atoms with E-state index in [-0.39, 0.29) is 36.9 Å². The molecule has 6 heteroatoms. The fourth-order valence-electron chi connectivity index (χ4n) is 3.03. The third-order valence-electron chi connectivity index (χ3n) is 5.56. The molecule has 0 radical (unpaired) electrons. The van der Waals surface area contributed by atoms with Crippen molar-refractivity contribution in [2.24, 2.45) is 0 Å². The molecule has 144 valence electrons. The smallest absolute Gasteiger partial charge is 0.220 e. The lowest BCUT2D eigenvalue weighted by Crippen LogP contribution is -2.35. The Labute approximate surface area is 154 Å². The van der Waals surface area contributed by atoms with E-state index in [4.69, 9.17) is 0 Å². The Bertz CT molecular complexity index is 695. The lowest BCUT2D eigenvalue weighted by atomic mass is 9.82. The minimum absolute atomic E-state index is 0.117. The number of Topliss-reactive ketones (excluding diaryl/α,β-unsaturated/α-hetero) is 2. The number of carbonyl (C=O) groups is 3. The number of allylic oxidation sites excluding steroid dienone is 4. The first-order valence-electron chi connectivity index (χ1n) is 9.14. The van der Waals surface area contributed by atoms with E-state index in [0.717, 1.165) is 0 Å². The molecule has 0 aromatic carbocycles. The molecule has 1 unspecified atom stereocenters. The van der Waals surface area contributed by atoms with Crippen LogP contribution in [-0.4, -0.2) is 45.4 Å². The van der Waals surface area contributed by atoms with Crippen molar-refractivity contribution in [3.8, 4) is 0 Å². The van der Waals surface area contributed by atoms with Crippen LogP contribution in [0.15, 0.2) is 22.3 Å². The molecular weight excluding hydrogens is 334 g/mol. The summed E-state index contributed by atoms with van der Waals surface area (Å²) in [5, 5.41) is 22.9. The first kappa shape index (κ1) is 20.5. The molecule has 2 rings (SSSR count). The molecule has 0 bridgehead atoms. The van der Waals surface area contributed by atoms with Crippen LogP contribution in [0.3, 0.4) is 0 Å². The summed E-state index contributed by atoms with van der Waals surface area (Å²) in [5.41, 5.74) is 0.00132. The zero-order chi connectivity index (χ0) is 19.7. The second-order valence-corrected chi connectivity index (χ2v) is 8.01. The van der Waals surface area contributed by atoms with Crippen molar-refractivity contribution >= 4 is 17.5 Å². The molecule has 0 spiro atoms. The maximum Gasteiger partial charge on any atom is 0.220 e. The normalized spacial score (nSPS) is 21.8. The zero-order valence-corrected chi connectivity index (χ0v) is 16.1. The fraction of sp³-hybridized carbons (Fsp3) is 0.650. The monoisotopic (exact) mass is 363 g/mol. The maximum atomic E-state index is 12.4. The van der Waals surface area contributed by atoms with E-state index in [2.05, 4.69) is 5.32 Å². The van der Waals surface area contributed by atoms with Gasteiger partial charge in [-0.15, -0.1) is 0 Å². The Hall–Kier alpha value is -1.79. The quantitative estimate of drug-likeness (QED) is 0.570. The van der Waals surface area contributed by atoms with Crippen LogP contribution in [0.2, 0.25) is 0 Å². The Balaban J connectivity index is 1.86. The minimum atomic E-state index is -1.12. The van der Waals surface area contributed by atoms with Gasteiger partial charge < -0.3 is 15.5 Å². The molecule has 0 aromatic rings. The van der Waals surface area contributed by atoms with Gasteiger partial charge in [0.2, 0.25) is 5.91 Å². The summed E-state index contributed by atoms with van der Waals surface area (Å²) in [6, 6.07) is 0. The lowest BCUT2D eigenvalue weighted by Gasteiger charge is -2.25. The highest BCUT2D eigenvalue weighted by Crippen LogP contribution is 2.34. The van der Waals surface area contributed by atoms with E-state index in [1.165, 1.54) is 0 Å². The van der Waals surface area contributed by atoms with Crippen molar-refractivity contribution in [2.45, 2.75) is 77.4 Å². The van der Waals surface area contributed by atoms with E-state index in [1.807, 2.05) is 0 Å². The summed E-state index contributed by atoms with van der Waals surface area (Å²) >= 11 is 0. The van der Waals surface area contributed by atoms with Crippen molar-refractivity contribution < 1.29 is 24.6 Å². The molecule has 6 nitrogen and oxygen atoms in total. The largest absolute Gasteiger partial charge is 0.390 e. The molecule has 0 aromatic heterocycles. The number of ketones is 2. The van der Waals surface area contributed by atoms with Gasteiger partial charge in [0.1, 0.15) is 0 Å². The van der Waals surface area contributed by atoms with Crippen LogP contribution >= 0.6 is 0 Å². The predicted molar refractivity (Wildman–Crippen MR) is 97.4 cm³/mol. The number of carbonyl (C=O) groups excluding carboxylic acids is 3. The van der Waals surface area contributed by atoms with Crippen molar-refractivity contribution in [2.75, 3.05) is 6.54 Å². The Kier molecular flexibility index (Phi) is 5.88. The molecule has 1 saturated carbocycles. The summed E-state index contributed by atoms with van der Waals surface area (Å²) in [4.78, 5) is 36.5. The van der Waals surface area contributed by atoms with Gasteiger partial charge in [-0.1, -0.05) is 0 Å². The third kappa shape index (κ3) is 4.89. The van der Waals surface area contributed by atoms with Crippen LogP contribution in [0.5, 0.6) is 0 Å². The van der Waals surface area contributed by atoms with Crippen LogP contribution in [-0.2, 0) is 14.4 Å². The number of hydrogen-bond acceptors (Lipinski definition) is 5. The van der Waals surface area contributed by atoms with Crippen LogP contribution < -0.4 is 5.32 Å². The van der Waals surface area contributed by atoms with Gasteiger partial charge in [-0.05, 0) is 59.8 Å². The summed E-state index contributed by atoms with van der Waals surface area (Å²) in [5.74, 6) is -0.459. The Morgan fingerprint density at radius 1 is 1.08 bits per heavy atom.